The number of hydrogen-bond donors (Lipinski definition) is 0. The smallest absolute Gasteiger partial charge is 0.150 e. The molecule has 2 aromatic carbocycles. The Morgan fingerprint density at radius 3 is 2.82 bits per heavy atom. The van der Waals surface area contributed by atoms with Gasteiger partial charge in [0.25, 0.3) is 0 Å². The highest BCUT2D eigenvalue weighted by molar-refractivity contribution is 5.98. The lowest BCUT2D eigenvalue weighted by Gasteiger charge is -2.02. The molecule has 0 N–H and O–H groups in total. The molecular weight excluding hydrogens is 215 g/mol. The third kappa shape index (κ3) is 2.59. The molecule has 0 unspecified atom stereocenters. The van der Waals surface area contributed by atoms with Gasteiger partial charge in [-0.2, -0.15) is 0 Å². The number of carbonyl (C=O) groups is 1. The molecule has 0 amide bonds. The number of allylic oxidation sites excluding steroid dienone is 1. The second-order valence-corrected chi connectivity index (χ2v) is 3.83. The molecule has 0 aromatic heterocycles. The number of carbonyl (C=O) groups excluding carboxylic acids is 1. The summed E-state index contributed by atoms with van der Waals surface area (Å²) in [6.45, 7) is -0.334. The van der Waals surface area contributed by atoms with Gasteiger partial charge in [-0.3, -0.25) is 9.18 Å². The topological polar surface area (TPSA) is 17.1 Å². The molecule has 0 bridgehead atoms. The predicted octanol–water partition coefficient (Wildman–Crippen LogP) is 4.03. The zero-order valence-corrected chi connectivity index (χ0v) is 9.40. The first kappa shape index (κ1) is 11.5. The Kier molecular flexibility index (Phi) is 3.66. The Morgan fingerprint density at radius 1 is 1.18 bits per heavy atom. The third-order valence-electron chi connectivity index (χ3n) is 2.65. The maximum atomic E-state index is 12.0. The number of aldehydes is 1. The van der Waals surface area contributed by atoms with Gasteiger partial charge >= 0.3 is 0 Å². The molecule has 17 heavy (non-hydrogen) atoms. The van der Waals surface area contributed by atoms with Crippen LogP contribution in [0, 0.1) is 0 Å². The van der Waals surface area contributed by atoms with E-state index in [0.29, 0.717) is 12.0 Å². The highest BCUT2D eigenvalue weighted by atomic mass is 19.1. The summed E-state index contributed by atoms with van der Waals surface area (Å²) in [6, 6.07) is 11.5. The van der Waals surface area contributed by atoms with Crippen LogP contribution in [0.3, 0.4) is 0 Å². The molecule has 86 valence electrons. The maximum absolute atomic E-state index is 12.0. The van der Waals surface area contributed by atoms with E-state index in [9.17, 15) is 9.18 Å². The van der Waals surface area contributed by atoms with Gasteiger partial charge in [0.1, 0.15) is 0 Å². The van der Waals surface area contributed by atoms with Gasteiger partial charge in [-0.15, -0.1) is 0 Å². The molecule has 0 saturated heterocycles. The van der Waals surface area contributed by atoms with Crippen LogP contribution in [0.25, 0.3) is 16.8 Å². The van der Waals surface area contributed by atoms with Crippen molar-refractivity contribution in [3.63, 3.8) is 0 Å². The Hall–Kier alpha value is -1.96. The molecule has 1 nitrogen and oxygen atoms in total. The average Bonchev–Trinajstić information content (AvgIpc) is 2.38. The van der Waals surface area contributed by atoms with E-state index in [-0.39, 0.29) is 6.67 Å². The SMILES string of the molecule is O=Cc1cccc2cc(/C=C/CCF)ccc12. The molecule has 0 atom stereocenters. The van der Waals surface area contributed by atoms with E-state index >= 15 is 0 Å². The van der Waals surface area contributed by atoms with Crippen molar-refractivity contribution in [3.8, 4) is 0 Å². The van der Waals surface area contributed by atoms with E-state index < -0.39 is 0 Å². The van der Waals surface area contributed by atoms with E-state index in [1.165, 1.54) is 0 Å². The van der Waals surface area contributed by atoms with Crippen molar-refractivity contribution in [2.75, 3.05) is 6.67 Å². The summed E-state index contributed by atoms with van der Waals surface area (Å²) in [6.07, 6.45) is 5.00. The van der Waals surface area contributed by atoms with Crippen LogP contribution in [-0.4, -0.2) is 13.0 Å². The van der Waals surface area contributed by atoms with E-state index in [4.69, 9.17) is 0 Å². The third-order valence-corrected chi connectivity index (χ3v) is 2.65. The minimum Gasteiger partial charge on any atom is -0.298 e. The molecule has 2 heteroatoms. The largest absolute Gasteiger partial charge is 0.298 e. The minimum absolute atomic E-state index is 0.334. The highest BCUT2D eigenvalue weighted by Crippen LogP contribution is 2.20. The van der Waals surface area contributed by atoms with Crippen LogP contribution < -0.4 is 0 Å². The van der Waals surface area contributed by atoms with Gasteiger partial charge in [0, 0.05) is 5.56 Å². The molecule has 0 radical (unpaired) electrons. The van der Waals surface area contributed by atoms with Gasteiger partial charge in [-0.25, -0.2) is 0 Å². The van der Waals surface area contributed by atoms with E-state index in [1.807, 2.05) is 42.5 Å². The van der Waals surface area contributed by atoms with Crippen LogP contribution in [0.1, 0.15) is 22.3 Å². The Morgan fingerprint density at radius 2 is 2.06 bits per heavy atom. The highest BCUT2D eigenvalue weighted by Gasteiger charge is 1.99. The van der Waals surface area contributed by atoms with Gasteiger partial charge < -0.3 is 0 Å². The Labute approximate surface area is 99.6 Å². The van der Waals surface area contributed by atoms with Gasteiger partial charge in [0.05, 0.1) is 6.67 Å². The number of alkyl halides is 1. The van der Waals surface area contributed by atoms with Crippen molar-refractivity contribution >= 4 is 23.1 Å². The summed E-state index contributed by atoms with van der Waals surface area (Å²) in [4.78, 5) is 10.9. The van der Waals surface area contributed by atoms with Crippen LogP contribution in [0.4, 0.5) is 4.39 Å². The van der Waals surface area contributed by atoms with Crippen molar-refractivity contribution in [2.45, 2.75) is 6.42 Å². The van der Waals surface area contributed by atoms with Crippen LogP contribution >= 0.6 is 0 Å². The molecular formula is C15H13FO. The lowest BCUT2D eigenvalue weighted by atomic mass is 10.0. The first-order chi connectivity index (χ1) is 8.35. The predicted molar refractivity (Wildman–Crippen MR) is 69.0 cm³/mol. The number of rotatable bonds is 4. The zero-order chi connectivity index (χ0) is 12.1. The van der Waals surface area contributed by atoms with Gasteiger partial charge in [-0.05, 0) is 28.8 Å². The van der Waals surface area contributed by atoms with Crippen molar-refractivity contribution in [2.24, 2.45) is 0 Å². The lowest BCUT2D eigenvalue weighted by Crippen LogP contribution is -1.83. The molecule has 0 aliphatic heterocycles. The van der Waals surface area contributed by atoms with Crippen LogP contribution in [0.2, 0.25) is 0 Å². The standard InChI is InChI=1S/C15H13FO/c16-9-2-1-4-12-7-8-15-13(10-12)5-3-6-14(15)11-17/h1,3-8,10-11H,2,9H2/b4-1+. The number of benzene rings is 2. The fourth-order valence-corrected chi connectivity index (χ4v) is 1.82. The van der Waals surface area contributed by atoms with Crippen molar-refractivity contribution in [1.29, 1.82) is 0 Å². The van der Waals surface area contributed by atoms with Crippen LogP contribution in [0.5, 0.6) is 0 Å². The summed E-state index contributed by atoms with van der Waals surface area (Å²) in [5, 5.41) is 1.97. The van der Waals surface area contributed by atoms with Crippen molar-refractivity contribution < 1.29 is 9.18 Å². The first-order valence-electron chi connectivity index (χ1n) is 5.55. The second-order valence-electron chi connectivity index (χ2n) is 3.83. The lowest BCUT2D eigenvalue weighted by molar-refractivity contribution is 0.112. The molecule has 0 aliphatic carbocycles. The summed E-state index contributed by atoms with van der Waals surface area (Å²) in [5.74, 6) is 0. The fraction of sp³-hybridized carbons (Fsp3) is 0.133. The molecule has 2 aromatic rings. The van der Waals surface area contributed by atoms with Gasteiger partial charge in [-0.1, -0.05) is 42.5 Å². The van der Waals surface area contributed by atoms with E-state index in [0.717, 1.165) is 22.6 Å². The summed E-state index contributed by atoms with van der Waals surface area (Å²) in [5.41, 5.74) is 1.72. The molecule has 0 spiro atoms. The first-order valence-corrected chi connectivity index (χ1v) is 5.55. The average molecular weight is 228 g/mol. The molecule has 0 heterocycles. The minimum atomic E-state index is -0.334. The molecule has 0 aliphatic rings. The van der Waals surface area contributed by atoms with Crippen molar-refractivity contribution in [3.05, 3.63) is 53.6 Å². The Bertz CT molecular complexity index is 558. The van der Waals surface area contributed by atoms with Gasteiger partial charge in [0.2, 0.25) is 0 Å². The number of fused-ring (bicyclic) bond motifs is 1. The van der Waals surface area contributed by atoms with Crippen LogP contribution in [-0.2, 0) is 0 Å². The normalized spacial score (nSPS) is 11.1. The van der Waals surface area contributed by atoms with E-state index in [1.54, 1.807) is 6.07 Å². The molecule has 0 saturated carbocycles. The molecule has 0 fully saturated rings. The van der Waals surface area contributed by atoms with Crippen molar-refractivity contribution in [1.82, 2.24) is 0 Å². The van der Waals surface area contributed by atoms with E-state index in [2.05, 4.69) is 0 Å². The zero-order valence-electron chi connectivity index (χ0n) is 9.40. The summed E-state index contributed by atoms with van der Waals surface area (Å²) < 4.78 is 12.0. The maximum Gasteiger partial charge on any atom is 0.150 e. The monoisotopic (exact) mass is 228 g/mol. The Balaban J connectivity index is 2.41. The number of hydrogen-bond acceptors (Lipinski definition) is 1. The van der Waals surface area contributed by atoms with Crippen LogP contribution in [0.15, 0.2) is 42.5 Å². The quantitative estimate of drug-likeness (QED) is 0.722. The number of halogens is 1. The molecule has 2 rings (SSSR count). The second kappa shape index (κ2) is 5.39. The summed E-state index contributed by atoms with van der Waals surface area (Å²) >= 11 is 0. The summed E-state index contributed by atoms with van der Waals surface area (Å²) in [7, 11) is 0. The van der Waals surface area contributed by atoms with Gasteiger partial charge in [0.15, 0.2) is 6.29 Å². The fourth-order valence-electron chi connectivity index (χ4n) is 1.82.